The van der Waals surface area contributed by atoms with Crippen LogP contribution in [0.25, 0.3) is 0 Å². The molecule has 2 atom stereocenters. The Labute approximate surface area is 181 Å². The molecule has 1 amide bonds. The van der Waals surface area contributed by atoms with Crippen molar-refractivity contribution in [3.05, 3.63) is 107 Å². The van der Waals surface area contributed by atoms with Crippen LogP contribution in [0.2, 0.25) is 0 Å². The highest BCUT2D eigenvalue weighted by Gasteiger charge is 2.56. The predicted octanol–water partition coefficient (Wildman–Crippen LogP) is 4.25. The minimum atomic E-state index is -1.49. The molecule has 1 aliphatic rings. The molecule has 0 aromatic heterocycles. The van der Waals surface area contributed by atoms with Gasteiger partial charge in [-0.25, -0.2) is 4.79 Å². The summed E-state index contributed by atoms with van der Waals surface area (Å²) < 4.78 is 5.46. The number of hydrogen-bond acceptors (Lipinski definition) is 4. The Hall–Kier alpha value is -3.73. The molecule has 0 aliphatic carbocycles. The van der Waals surface area contributed by atoms with Crippen molar-refractivity contribution in [1.82, 2.24) is 5.32 Å². The summed E-state index contributed by atoms with van der Waals surface area (Å²) in [7, 11) is 0. The summed E-state index contributed by atoms with van der Waals surface area (Å²) in [4.78, 5) is 39.6. The molecule has 31 heavy (non-hydrogen) atoms. The Kier molecular flexibility index (Phi) is 5.67. The number of hydrogen-bond donors (Lipinski definition) is 1. The van der Waals surface area contributed by atoms with Crippen LogP contribution >= 0.6 is 0 Å². The molecule has 3 aromatic rings. The molecule has 0 bridgehead atoms. The highest BCUT2D eigenvalue weighted by atomic mass is 16.5. The first-order valence-electron chi connectivity index (χ1n) is 10.3. The van der Waals surface area contributed by atoms with Crippen LogP contribution in [-0.2, 0) is 15.1 Å². The molecule has 1 N–H and O–H groups in total. The van der Waals surface area contributed by atoms with Crippen molar-refractivity contribution in [2.45, 2.75) is 24.8 Å². The second kappa shape index (κ2) is 8.56. The molecule has 156 valence electrons. The summed E-state index contributed by atoms with van der Waals surface area (Å²) in [6.45, 7) is 1.88. The Bertz CT molecular complexity index is 1110. The van der Waals surface area contributed by atoms with E-state index < -0.39 is 17.4 Å². The Morgan fingerprint density at radius 3 is 2.19 bits per heavy atom. The van der Waals surface area contributed by atoms with E-state index in [2.05, 4.69) is 5.32 Å². The first-order chi connectivity index (χ1) is 15.1. The molecule has 2 unspecified atom stereocenters. The van der Waals surface area contributed by atoms with Crippen LogP contribution in [0.3, 0.4) is 0 Å². The number of amides is 1. The summed E-state index contributed by atoms with van der Waals surface area (Å²) in [5.74, 6) is -1.68. The SMILES string of the molecule is CCOC(=O)C1(C(CC(=O)c2ccccc2)c2ccccc2)NC(=O)c2ccccc21. The van der Waals surface area contributed by atoms with Crippen LogP contribution < -0.4 is 5.32 Å². The Morgan fingerprint density at radius 2 is 1.52 bits per heavy atom. The fourth-order valence-corrected chi connectivity index (χ4v) is 4.30. The van der Waals surface area contributed by atoms with Gasteiger partial charge in [0, 0.05) is 29.0 Å². The summed E-state index contributed by atoms with van der Waals surface area (Å²) >= 11 is 0. The second-order valence-electron chi connectivity index (χ2n) is 7.48. The van der Waals surface area contributed by atoms with Crippen LogP contribution in [0.5, 0.6) is 0 Å². The topological polar surface area (TPSA) is 72.5 Å². The van der Waals surface area contributed by atoms with E-state index in [0.717, 1.165) is 5.56 Å². The number of esters is 1. The van der Waals surface area contributed by atoms with Crippen LogP contribution in [0.4, 0.5) is 0 Å². The summed E-state index contributed by atoms with van der Waals surface area (Å²) in [6.07, 6.45) is 0.0292. The minimum absolute atomic E-state index is 0.0292. The molecule has 0 spiro atoms. The summed E-state index contributed by atoms with van der Waals surface area (Å²) in [5, 5.41) is 2.91. The number of nitrogens with one attached hydrogen (secondary N) is 1. The molecular weight excluding hydrogens is 390 g/mol. The highest BCUT2D eigenvalue weighted by molar-refractivity contribution is 6.07. The van der Waals surface area contributed by atoms with Crippen molar-refractivity contribution >= 4 is 17.7 Å². The zero-order valence-electron chi connectivity index (χ0n) is 17.2. The predicted molar refractivity (Wildman–Crippen MR) is 117 cm³/mol. The van der Waals surface area contributed by atoms with Crippen molar-refractivity contribution in [2.24, 2.45) is 0 Å². The number of ketones is 1. The molecular formula is C26H23NO4. The lowest BCUT2D eigenvalue weighted by Gasteiger charge is -2.36. The number of carbonyl (C=O) groups excluding carboxylic acids is 3. The third-order valence-corrected chi connectivity index (χ3v) is 5.71. The Balaban J connectivity index is 1.89. The zero-order valence-corrected chi connectivity index (χ0v) is 17.2. The third-order valence-electron chi connectivity index (χ3n) is 5.71. The number of benzene rings is 3. The van der Waals surface area contributed by atoms with Crippen LogP contribution in [0, 0.1) is 0 Å². The number of rotatable bonds is 7. The van der Waals surface area contributed by atoms with Gasteiger partial charge >= 0.3 is 5.97 Å². The average molecular weight is 413 g/mol. The lowest BCUT2D eigenvalue weighted by molar-refractivity contribution is -0.152. The highest BCUT2D eigenvalue weighted by Crippen LogP contribution is 2.45. The molecule has 0 radical (unpaired) electrons. The van der Waals surface area contributed by atoms with Gasteiger partial charge in [-0.3, -0.25) is 9.59 Å². The number of carbonyl (C=O) groups is 3. The minimum Gasteiger partial charge on any atom is -0.464 e. The van der Waals surface area contributed by atoms with Crippen molar-refractivity contribution in [1.29, 1.82) is 0 Å². The van der Waals surface area contributed by atoms with Crippen LogP contribution in [-0.4, -0.2) is 24.3 Å². The van der Waals surface area contributed by atoms with Crippen molar-refractivity contribution in [2.75, 3.05) is 6.61 Å². The maximum Gasteiger partial charge on any atom is 0.337 e. The maximum absolute atomic E-state index is 13.5. The van der Waals surface area contributed by atoms with Gasteiger partial charge in [0.15, 0.2) is 11.3 Å². The smallest absolute Gasteiger partial charge is 0.337 e. The number of ether oxygens (including phenoxy) is 1. The molecule has 5 heteroatoms. The van der Waals surface area contributed by atoms with E-state index in [-0.39, 0.29) is 24.7 Å². The second-order valence-corrected chi connectivity index (χ2v) is 7.48. The fourth-order valence-electron chi connectivity index (χ4n) is 4.30. The molecule has 0 fully saturated rings. The lowest BCUT2D eigenvalue weighted by Crippen LogP contribution is -2.52. The largest absolute Gasteiger partial charge is 0.464 e. The van der Waals surface area contributed by atoms with Gasteiger partial charge in [-0.05, 0) is 18.6 Å². The van der Waals surface area contributed by atoms with Gasteiger partial charge in [0.1, 0.15) is 0 Å². The van der Waals surface area contributed by atoms with Crippen molar-refractivity contribution in [3.63, 3.8) is 0 Å². The monoisotopic (exact) mass is 413 g/mol. The van der Waals surface area contributed by atoms with Gasteiger partial charge in [-0.1, -0.05) is 78.9 Å². The molecule has 1 heterocycles. The standard InChI is InChI=1S/C26H23NO4/c1-2-31-25(30)26(21-16-10-9-15-20(21)24(29)27-26)22(18-11-5-3-6-12-18)17-23(28)19-13-7-4-8-14-19/h3-16,22H,2,17H2,1H3,(H,27,29). The van der Waals surface area contributed by atoms with Crippen molar-refractivity contribution < 1.29 is 19.1 Å². The third kappa shape index (κ3) is 3.63. The number of Topliss-reactive ketones (excluding diaryl/α,β-unsaturated/α-hetero) is 1. The molecule has 4 rings (SSSR count). The fraction of sp³-hybridized carbons (Fsp3) is 0.192. The van der Waals surface area contributed by atoms with E-state index in [1.54, 1.807) is 55.5 Å². The molecule has 1 aliphatic heterocycles. The lowest BCUT2D eigenvalue weighted by atomic mass is 9.72. The number of fused-ring (bicyclic) bond motifs is 1. The van der Waals surface area contributed by atoms with E-state index in [4.69, 9.17) is 4.74 Å². The quantitative estimate of drug-likeness (QED) is 0.464. The van der Waals surface area contributed by atoms with Gasteiger partial charge in [-0.15, -0.1) is 0 Å². The van der Waals surface area contributed by atoms with Gasteiger partial charge in [-0.2, -0.15) is 0 Å². The normalized spacial score (nSPS) is 18.0. The van der Waals surface area contributed by atoms with E-state index >= 15 is 0 Å². The zero-order chi connectivity index (χ0) is 21.8. The summed E-state index contributed by atoms with van der Waals surface area (Å²) in [5.41, 5.74) is 0.795. The van der Waals surface area contributed by atoms with Gasteiger partial charge in [0.2, 0.25) is 0 Å². The molecule has 0 saturated heterocycles. The first-order valence-corrected chi connectivity index (χ1v) is 10.3. The molecule has 0 saturated carbocycles. The maximum atomic E-state index is 13.5. The molecule has 5 nitrogen and oxygen atoms in total. The molecule has 3 aromatic carbocycles. The van der Waals surface area contributed by atoms with Crippen LogP contribution in [0.15, 0.2) is 84.9 Å². The van der Waals surface area contributed by atoms with E-state index in [9.17, 15) is 14.4 Å². The van der Waals surface area contributed by atoms with E-state index in [0.29, 0.717) is 16.7 Å². The Morgan fingerprint density at radius 1 is 0.903 bits per heavy atom. The van der Waals surface area contributed by atoms with Crippen molar-refractivity contribution in [3.8, 4) is 0 Å². The van der Waals surface area contributed by atoms with Gasteiger partial charge < -0.3 is 10.1 Å². The average Bonchev–Trinajstić information content (AvgIpc) is 3.12. The summed E-state index contributed by atoms with van der Waals surface area (Å²) in [6, 6.07) is 25.3. The van der Waals surface area contributed by atoms with Gasteiger partial charge in [0.25, 0.3) is 5.91 Å². The van der Waals surface area contributed by atoms with E-state index in [1.165, 1.54) is 0 Å². The van der Waals surface area contributed by atoms with E-state index in [1.807, 2.05) is 36.4 Å². The van der Waals surface area contributed by atoms with Gasteiger partial charge in [0.05, 0.1) is 6.61 Å². The van der Waals surface area contributed by atoms with Crippen LogP contribution in [0.1, 0.15) is 51.1 Å². The first kappa shape index (κ1) is 20.5.